The van der Waals surface area contributed by atoms with Gasteiger partial charge in [0.05, 0.1) is 11.7 Å². The number of nitrogens with zero attached hydrogens (tertiary/aromatic N) is 2. The number of halogens is 1. The topological polar surface area (TPSA) is 50.3 Å². The second-order valence-electron chi connectivity index (χ2n) is 4.67. The van der Waals surface area contributed by atoms with Crippen LogP contribution in [0.1, 0.15) is 30.1 Å². The summed E-state index contributed by atoms with van der Waals surface area (Å²) in [4.78, 5) is 4.02. The Hall–Kier alpha value is -0.470. The number of rotatable bonds is 3. The summed E-state index contributed by atoms with van der Waals surface area (Å²) in [5, 5.41) is 4.00. The number of hydrogen-bond donors (Lipinski definition) is 0. The largest absolute Gasteiger partial charge is 0.255 e. The number of thiazole rings is 1. The molecule has 1 fully saturated rings. The molecule has 1 unspecified atom stereocenters. The highest BCUT2D eigenvalue weighted by atomic mass is 35.5. The van der Waals surface area contributed by atoms with E-state index in [2.05, 4.69) is 4.98 Å². The maximum atomic E-state index is 12.8. The molecule has 3 rings (SSSR count). The minimum absolute atomic E-state index is 0.0634. The molecule has 4 nitrogen and oxygen atoms in total. The van der Waals surface area contributed by atoms with Gasteiger partial charge in [0.2, 0.25) is 0 Å². The summed E-state index contributed by atoms with van der Waals surface area (Å²) in [5.41, 5.74) is 1.56. The first-order chi connectivity index (χ1) is 9.50. The predicted molar refractivity (Wildman–Crippen MR) is 82.0 cm³/mol. The van der Waals surface area contributed by atoms with E-state index in [-0.39, 0.29) is 14.7 Å². The van der Waals surface area contributed by atoms with E-state index in [0.717, 1.165) is 29.7 Å². The van der Waals surface area contributed by atoms with Gasteiger partial charge in [0.15, 0.2) is 8.68 Å². The maximum Gasteiger partial charge on any atom is 0.255 e. The number of hydrogen-bond acceptors (Lipinski definition) is 5. The van der Waals surface area contributed by atoms with Crippen LogP contribution in [0.5, 0.6) is 0 Å². The second-order valence-corrected chi connectivity index (χ2v) is 9.12. The Kier molecular flexibility index (Phi) is 3.89. The van der Waals surface area contributed by atoms with Crippen molar-refractivity contribution in [3.63, 3.8) is 0 Å². The fourth-order valence-electron chi connectivity index (χ4n) is 2.52. The van der Waals surface area contributed by atoms with Gasteiger partial charge in [0.25, 0.3) is 10.0 Å². The van der Waals surface area contributed by atoms with Gasteiger partial charge in [0, 0.05) is 6.54 Å². The molecule has 0 spiro atoms. The number of sulfonamides is 1. The van der Waals surface area contributed by atoms with Crippen LogP contribution in [0.2, 0.25) is 4.47 Å². The predicted octanol–water partition coefficient (Wildman–Crippen LogP) is 3.69. The Morgan fingerprint density at radius 2 is 2.30 bits per heavy atom. The third-order valence-electron chi connectivity index (χ3n) is 3.40. The van der Waals surface area contributed by atoms with Gasteiger partial charge in [0.1, 0.15) is 0 Å². The highest BCUT2D eigenvalue weighted by molar-refractivity contribution is 7.91. The number of aryl methyl sites for hydroxylation is 1. The minimum atomic E-state index is -3.51. The lowest BCUT2D eigenvalue weighted by atomic mass is 10.1. The van der Waals surface area contributed by atoms with Crippen molar-refractivity contribution < 1.29 is 8.42 Å². The first-order valence-electron chi connectivity index (χ1n) is 6.17. The van der Waals surface area contributed by atoms with Gasteiger partial charge >= 0.3 is 0 Å². The molecule has 0 radical (unpaired) electrons. The fourth-order valence-corrected chi connectivity index (χ4v) is 6.76. The molecule has 108 valence electrons. The SMILES string of the molecule is Cc1nc(Cl)sc1S(=O)(=O)N1CCCC1c1ccsc1. The summed E-state index contributed by atoms with van der Waals surface area (Å²) in [5.74, 6) is 0. The molecule has 1 saturated heterocycles. The van der Waals surface area contributed by atoms with Crippen LogP contribution >= 0.6 is 34.3 Å². The van der Waals surface area contributed by atoms with Gasteiger partial charge < -0.3 is 0 Å². The molecule has 0 aromatic carbocycles. The zero-order valence-corrected chi connectivity index (χ0v) is 13.9. The quantitative estimate of drug-likeness (QED) is 0.849. The average molecular weight is 349 g/mol. The van der Waals surface area contributed by atoms with Gasteiger partial charge in [-0.3, -0.25) is 0 Å². The maximum absolute atomic E-state index is 12.8. The van der Waals surface area contributed by atoms with Gasteiger partial charge in [-0.1, -0.05) is 22.9 Å². The van der Waals surface area contributed by atoms with Crippen molar-refractivity contribution in [3.8, 4) is 0 Å². The van der Waals surface area contributed by atoms with Crippen molar-refractivity contribution in [2.24, 2.45) is 0 Å². The standard InChI is InChI=1S/C12H13ClN2O2S3/c1-8-11(19-12(13)14-8)20(16,17)15-5-2-3-10(15)9-4-6-18-7-9/h4,6-7,10H,2-3,5H2,1H3. The van der Waals surface area contributed by atoms with E-state index >= 15 is 0 Å². The average Bonchev–Trinajstić information content (AvgIpc) is 3.06. The molecule has 1 aliphatic heterocycles. The van der Waals surface area contributed by atoms with Crippen LogP contribution in [-0.2, 0) is 10.0 Å². The van der Waals surface area contributed by atoms with Gasteiger partial charge in [-0.2, -0.15) is 15.6 Å². The molecule has 0 saturated carbocycles. The molecule has 2 aromatic rings. The van der Waals surface area contributed by atoms with Crippen LogP contribution in [0.15, 0.2) is 21.0 Å². The van der Waals surface area contributed by atoms with Gasteiger partial charge in [-0.25, -0.2) is 13.4 Å². The second kappa shape index (κ2) is 5.38. The van der Waals surface area contributed by atoms with Crippen LogP contribution in [0.3, 0.4) is 0 Å². The molecular weight excluding hydrogens is 336 g/mol. The first-order valence-corrected chi connectivity index (χ1v) is 9.75. The number of thiophene rings is 1. The van der Waals surface area contributed by atoms with Crippen LogP contribution in [0, 0.1) is 6.92 Å². The molecule has 2 aromatic heterocycles. The van der Waals surface area contributed by atoms with Gasteiger partial charge in [-0.05, 0) is 42.2 Å². The van der Waals surface area contributed by atoms with E-state index in [1.54, 1.807) is 22.6 Å². The normalized spacial score (nSPS) is 20.6. The zero-order chi connectivity index (χ0) is 14.3. The summed E-state index contributed by atoms with van der Waals surface area (Å²) in [6.45, 7) is 2.24. The van der Waals surface area contributed by atoms with Crippen LogP contribution in [-0.4, -0.2) is 24.3 Å². The molecule has 0 bridgehead atoms. The van der Waals surface area contributed by atoms with Crippen molar-refractivity contribution in [2.45, 2.75) is 30.0 Å². The lowest BCUT2D eigenvalue weighted by molar-refractivity contribution is 0.398. The molecule has 0 aliphatic carbocycles. The molecule has 0 amide bonds. The summed E-state index contributed by atoms with van der Waals surface area (Å²) in [6, 6.07) is 1.93. The van der Waals surface area contributed by atoms with Crippen LogP contribution in [0.4, 0.5) is 0 Å². The molecule has 1 aliphatic rings. The third kappa shape index (κ3) is 2.42. The summed E-state index contributed by atoms with van der Waals surface area (Å²) < 4.78 is 27.8. The Balaban J connectivity index is 2.00. The van der Waals surface area contributed by atoms with Crippen molar-refractivity contribution in [1.29, 1.82) is 0 Å². The van der Waals surface area contributed by atoms with E-state index in [1.165, 1.54) is 0 Å². The smallest absolute Gasteiger partial charge is 0.229 e. The molecule has 1 atom stereocenters. The summed E-state index contributed by atoms with van der Waals surface area (Å²) >= 11 is 8.47. The van der Waals surface area contributed by atoms with E-state index in [9.17, 15) is 8.42 Å². The fraction of sp³-hybridized carbons (Fsp3) is 0.417. The zero-order valence-electron chi connectivity index (χ0n) is 10.7. The molecule has 0 N–H and O–H groups in total. The minimum Gasteiger partial charge on any atom is -0.229 e. The Morgan fingerprint density at radius 3 is 2.90 bits per heavy atom. The van der Waals surface area contributed by atoms with Crippen molar-refractivity contribution in [1.82, 2.24) is 9.29 Å². The van der Waals surface area contributed by atoms with Gasteiger partial charge in [-0.15, -0.1) is 0 Å². The molecule has 3 heterocycles. The third-order valence-corrected chi connectivity index (χ3v) is 7.86. The molecule has 20 heavy (non-hydrogen) atoms. The van der Waals surface area contributed by atoms with Crippen molar-refractivity contribution in [3.05, 3.63) is 32.6 Å². The monoisotopic (exact) mass is 348 g/mol. The summed E-state index contributed by atoms with van der Waals surface area (Å²) in [6.07, 6.45) is 1.74. The summed E-state index contributed by atoms with van der Waals surface area (Å²) in [7, 11) is -3.51. The first kappa shape index (κ1) is 14.5. The van der Waals surface area contributed by atoms with Crippen molar-refractivity contribution in [2.75, 3.05) is 6.54 Å². The van der Waals surface area contributed by atoms with Crippen molar-refractivity contribution >= 4 is 44.3 Å². The van der Waals surface area contributed by atoms with E-state index in [4.69, 9.17) is 11.6 Å². The Labute approximate surface area is 131 Å². The van der Waals surface area contributed by atoms with Crippen LogP contribution < -0.4 is 0 Å². The van der Waals surface area contributed by atoms with Crippen LogP contribution in [0.25, 0.3) is 0 Å². The number of aromatic nitrogens is 1. The lowest BCUT2D eigenvalue weighted by Crippen LogP contribution is -2.30. The highest BCUT2D eigenvalue weighted by Crippen LogP contribution is 2.39. The highest BCUT2D eigenvalue weighted by Gasteiger charge is 2.38. The molecule has 8 heteroatoms. The molecular formula is C12H13ClN2O2S3. The lowest BCUT2D eigenvalue weighted by Gasteiger charge is -2.22. The Morgan fingerprint density at radius 1 is 1.50 bits per heavy atom. The van der Waals surface area contributed by atoms with E-state index in [1.807, 2.05) is 16.8 Å². The van der Waals surface area contributed by atoms with E-state index in [0.29, 0.717) is 12.2 Å². The Bertz CT molecular complexity index is 709. The van der Waals surface area contributed by atoms with E-state index < -0.39 is 10.0 Å².